The average Bonchev–Trinajstić information content (AvgIpc) is 2.78. The fourth-order valence-corrected chi connectivity index (χ4v) is 2.51. The maximum absolute atomic E-state index is 12.3. The lowest BCUT2D eigenvalue weighted by atomic mass is 9.81. The van der Waals surface area contributed by atoms with E-state index in [1.165, 1.54) is 0 Å². The minimum Gasteiger partial charge on any atom is -0.382 e. The van der Waals surface area contributed by atoms with Crippen molar-refractivity contribution in [3.05, 3.63) is 18.2 Å². The van der Waals surface area contributed by atoms with Gasteiger partial charge in [0.15, 0.2) is 5.82 Å². The van der Waals surface area contributed by atoms with Crippen LogP contribution in [0.2, 0.25) is 0 Å². The summed E-state index contributed by atoms with van der Waals surface area (Å²) in [4.78, 5) is 16.5. The molecule has 0 aliphatic heterocycles. The number of Topliss-reactive ketones (excluding diaryl/α,β-unsaturated/α-hetero) is 1. The lowest BCUT2D eigenvalue weighted by Crippen LogP contribution is -2.41. The summed E-state index contributed by atoms with van der Waals surface area (Å²) < 4.78 is 1.84. The Morgan fingerprint density at radius 3 is 2.82 bits per heavy atom. The summed E-state index contributed by atoms with van der Waals surface area (Å²) in [6.45, 7) is 2.83. The van der Waals surface area contributed by atoms with E-state index in [1.54, 1.807) is 6.20 Å². The lowest BCUT2D eigenvalue weighted by Gasteiger charge is -2.30. The number of hydrogen-bond acceptors (Lipinski definition) is 3. The van der Waals surface area contributed by atoms with Gasteiger partial charge in [0.1, 0.15) is 5.60 Å². The standard InChI is InChI=1S/C13H20N2O2/c1-2-9-15-10-8-14-12(15)11(16)13(17)6-4-3-5-7-13/h8,10,17H,2-7,9H2,1H3. The Kier molecular flexibility index (Phi) is 3.62. The molecule has 2 rings (SSSR count). The minimum absolute atomic E-state index is 0.198. The zero-order valence-corrected chi connectivity index (χ0v) is 10.4. The van der Waals surface area contributed by atoms with Crippen molar-refractivity contribution < 1.29 is 9.90 Å². The van der Waals surface area contributed by atoms with Gasteiger partial charge in [-0.1, -0.05) is 26.2 Å². The molecule has 0 atom stereocenters. The van der Waals surface area contributed by atoms with Gasteiger partial charge in [0.25, 0.3) is 0 Å². The predicted molar refractivity (Wildman–Crippen MR) is 64.9 cm³/mol. The Balaban J connectivity index is 2.20. The molecule has 1 N–H and O–H groups in total. The predicted octanol–water partition coefficient (Wildman–Crippen LogP) is 2.17. The molecule has 4 heteroatoms. The molecular formula is C13H20N2O2. The largest absolute Gasteiger partial charge is 0.382 e. The van der Waals surface area contributed by atoms with E-state index < -0.39 is 5.60 Å². The van der Waals surface area contributed by atoms with E-state index >= 15 is 0 Å². The molecule has 0 saturated heterocycles. The van der Waals surface area contributed by atoms with Crippen molar-refractivity contribution in [3.8, 4) is 0 Å². The second-order valence-electron chi connectivity index (χ2n) is 4.87. The van der Waals surface area contributed by atoms with E-state index in [-0.39, 0.29) is 5.78 Å². The summed E-state index contributed by atoms with van der Waals surface area (Å²) in [7, 11) is 0. The van der Waals surface area contributed by atoms with Crippen LogP contribution in [0.4, 0.5) is 0 Å². The molecule has 4 nitrogen and oxygen atoms in total. The number of imidazole rings is 1. The number of rotatable bonds is 4. The van der Waals surface area contributed by atoms with Gasteiger partial charge in [0.05, 0.1) is 0 Å². The minimum atomic E-state index is -1.17. The van der Waals surface area contributed by atoms with E-state index in [4.69, 9.17) is 0 Å². The monoisotopic (exact) mass is 236 g/mol. The SMILES string of the molecule is CCCn1ccnc1C(=O)C1(O)CCCCC1. The van der Waals surface area contributed by atoms with Crippen LogP contribution in [-0.2, 0) is 6.54 Å². The number of aliphatic hydroxyl groups is 1. The van der Waals surface area contributed by atoms with Crippen LogP contribution in [0.15, 0.2) is 12.4 Å². The molecule has 0 aromatic carbocycles. The third kappa shape index (κ3) is 2.41. The molecule has 0 spiro atoms. The topological polar surface area (TPSA) is 55.1 Å². The van der Waals surface area contributed by atoms with Gasteiger partial charge in [0.2, 0.25) is 5.78 Å². The highest BCUT2D eigenvalue weighted by Crippen LogP contribution is 2.30. The molecule has 0 unspecified atom stereocenters. The highest BCUT2D eigenvalue weighted by atomic mass is 16.3. The van der Waals surface area contributed by atoms with Gasteiger partial charge in [-0.25, -0.2) is 4.98 Å². The molecule has 1 aromatic heterocycles. The molecule has 0 radical (unpaired) electrons. The summed E-state index contributed by atoms with van der Waals surface area (Å²) in [5, 5.41) is 10.4. The number of nitrogens with zero attached hydrogens (tertiary/aromatic N) is 2. The van der Waals surface area contributed by atoms with Gasteiger partial charge >= 0.3 is 0 Å². The molecule has 0 bridgehead atoms. The first-order chi connectivity index (χ1) is 8.17. The molecule has 1 fully saturated rings. The van der Waals surface area contributed by atoms with Crippen molar-refractivity contribution in [3.63, 3.8) is 0 Å². The summed E-state index contributed by atoms with van der Waals surface area (Å²) in [6, 6.07) is 0. The van der Waals surface area contributed by atoms with Crippen LogP contribution in [0, 0.1) is 0 Å². The van der Waals surface area contributed by atoms with E-state index in [2.05, 4.69) is 11.9 Å². The molecule has 17 heavy (non-hydrogen) atoms. The number of carbonyl (C=O) groups excluding carboxylic acids is 1. The Morgan fingerprint density at radius 2 is 2.18 bits per heavy atom. The molecule has 0 amide bonds. The third-order valence-corrected chi connectivity index (χ3v) is 3.49. The van der Waals surface area contributed by atoms with Gasteiger partial charge in [-0.2, -0.15) is 0 Å². The highest BCUT2D eigenvalue weighted by molar-refractivity contribution is 5.99. The first kappa shape index (κ1) is 12.3. The van der Waals surface area contributed by atoms with Crippen molar-refractivity contribution in [1.82, 2.24) is 9.55 Å². The molecule has 1 aromatic rings. The summed E-state index contributed by atoms with van der Waals surface area (Å²) >= 11 is 0. The molecular weight excluding hydrogens is 216 g/mol. The smallest absolute Gasteiger partial charge is 0.229 e. The van der Waals surface area contributed by atoms with E-state index in [0.717, 1.165) is 32.2 Å². The quantitative estimate of drug-likeness (QED) is 0.815. The van der Waals surface area contributed by atoms with Crippen molar-refractivity contribution in [2.24, 2.45) is 0 Å². The van der Waals surface area contributed by atoms with Crippen LogP contribution in [0.1, 0.15) is 56.1 Å². The van der Waals surface area contributed by atoms with Gasteiger partial charge in [-0.15, -0.1) is 0 Å². The first-order valence-electron chi connectivity index (χ1n) is 6.46. The number of carbonyl (C=O) groups is 1. The van der Waals surface area contributed by atoms with Gasteiger partial charge in [0, 0.05) is 18.9 Å². The first-order valence-corrected chi connectivity index (χ1v) is 6.46. The van der Waals surface area contributed by atoms with Crippen molar-refractivity contribution >= 4 is 5.78 Å². The molecule has 1 heterocycles. The Morgan fingerprint density at radius 1 is 1.47 bits per heavy atom. The van der Waals surface area contributed by atoms with Crippen LogP contribution in [-0.4, -0.2) is 26.0 Å². The van der Waals surface area contributed by atoms with Crippen molar-refractivity contribution in [2.45, 2.75) is 57.6 Å². The summed E-state index contributed by atoms with van der Waals surface area (Å²) in [5.74, 6) is 0.215. The summed E-state index contributed by atoms with van der Waals surface area (Å²) in [5.41, 5.74) is -1.17. The second-order valence-corrected chi connectivity index (χ2v) is 4.87. The van der Waals surface area contributed by atoms with E-state index in [1.807, 2.05) is 10.8 Å². The van der Waals surface area contributed by atoms with E-state index in [9.17, 15) is 9.90 Å². The zero-order valence-electron chi connectivity index (χ0n) is 10.4. The maximum Gasteiger partial charge on any atom is 0.229 e. The van der Waals surface area contributed by atoms with Crippen molar-refractivity contribution in [2.75, 3.05) is 0 Å². The Bertz CT molecular complexity index is 392. The van der Waals surface area contributed by atoms with Gasteiger partial charge in [-0.05, 0) is 19.3 Å². The maximum atomic E-state index is 12.3. The van der Waals surface area contributed by atoms with Gasteiger partial charge in [-0.3, -0.25) is 4.79 Å². The van der Waals surface area contributed by atoms with Crippen LogP contribution >= 0.6 is 0 Å². The third-order valence-electron chi connectivity index (χ3n) is 3.49. The molecule has 1 aliphatic rings. The molecule has 94 valence electrons. The number of aromatic nitrogens is 2. The fraction of sp³-hybridized carbons (Fsp3) is 0.692. The van der Waals surface area contributed by atoms with Gasteiger partial charge < -0.3 is 9.67 Å². The van der Waals surface area contributed by atoms with E-state index in [0.29, 0.717) is 18.7 Å². The average molecular weight is 236 g/mol. The van der Waals surface area contributed by atoms with Crippen LogP contribution in [0.3, 0.4) is 0 Å². The normalized spacial score (nSPS) is 19.2. The molecule has 1 aliphatic carbocycles. The number of ketones is 1. The van der Waals surface area contributed by atoms with Crippen molar-refractivity contribution in [1.29, 1.82) is 0 Å². The highest BCUT2D eigenvalue weighted by Gasteiger charge is 2.39. The fourth-order valence-electron chi connectivity index (χ4n) is 2.51. The second kappa shape index (κ2) is 5.00. The molecule has 1 saturated carbocycles. The zero-order chi connectivity index (χ0) is 12.3. The number of hydrogen-bond donors (Lipinski definition) is 1. The van der Waals surface area contributed by atoms with Crippen LogP contribution < -0.4 is 0 Å². The number of aryl methyl sites for hydroxylation is 1. The Labute approximate surface area is 102 Å². The van der Waals surface area contributed by atoms with Crippen LogP contribution in [0.5, 0.6) is 0 Å². The summed E-state index contributed by atoms with van der Waals surface area (Å²) in [6.07, 6.45) is 8.51. The Hall–Kier alpha value is -1.16. The lowest BCUT2D eigenvalue weighted by molar-refractivity contribution is 0.0103. The van der Waals surface area contributed by atoms with Crippen LogP contribution in [0.25, 0.3) is 0 Å².